The number of methoxy groups -OCH3 is 1. The lowest BCUT2D eigenvalue weighted by Gasteiger charge is -2.47. The maximum Gasteiger partial charge on any atom is 0.313 e. The van der Waals surface area contributed by atoms with E-state index in [4.69, 9.17) is 9.47 Å². The highest BCUT2D eigenvalue weighted by Gasteiger charge is 2.50. The van der Waals surface area contributed by atoms with Crippen molar-refractivity contribution in [2.45, 2.75) is 66.2 Å². The van der Waals surface area contributed by atoms with Crippen molar-refractivity contribution in [3.63, 3.8) is 0 Å². The lowest BCUT2D eigenvalue weighted by Crippen LogP contribution is -2.39. The number of carbonyl (C=O) groups excluding carboxylic acids is 2. The van der Waals surface area contributed by atoms with Gasteiger partial charge < -0.3 is 9.47 Å². The van der Waals surface area contributed by atoms with Crippen LogP contribution in [-0.2, 0) is 19.1 Å². The number of fused-ring (bicyclic) bond motifs is 1. The second-order valence-electron chi connectivity index (χ2n) is 9.34. The van der Waals surface area contributed by atoms with Gasteiger partial charge in [0, 0.05) is 5.92 Å². The third-order valence-electron chi connectivity index (χ3n) is 6.81. The molecule has 0 radical (unpaired) electrons. The van der Waals surface area contributed by atoms with Crippen molar-refractivity contribution in [3.8, 4) is 0 Å². The lowest BCUT2D eigenvalue weighted by atomic mass is 9.57. The summed E-state index contributed by atoms with van der Waals surface area (Å²) in [7, 11) is 1.43. The standard InChI is InChI=1S/C21H32O4/c1-13(18(22)24-5)16-15(8-7-14-11-25-19(23)17(14)16)21(4)10-6-9-20(2,3)12-21/h13-14,17H,6-12H2,1-5H3/t13?,14-,17+,21-/m0/s1. The highest BCUT2D eigenvalue weighted by molar-refractivity contribution is 5.83. The Bertz CT molecular complexity index is 603. The minimum absolute atomic E-state index is 0.0627. The number of hydrogen-bond acceptors (Lipinski definition) is 4. The summed E-state index contributed by atoms with van der Waals surface area (Å²) in [5, 5.41) is 0. The molecule has 2 fully saturated rings. The van der Waals surface area contributed by atoms with Crippen molar-refractivity contribution in [1.82, 2.24) is 0 Å². The summed E-state index contributed by atoms with van der Waals surface area (Å²) in [6.45, 7) is 9.41. The van der Waals surface area contributed by atoms with Crippen LogP contribution in [0.15, 0.2) is 11.1 Å². The molecule has 1 aliphatic heterocycles. The Hall–Kier alpha value is -1.32. The summed E-state index contributed by atoms with van der Waals surface area (Å²) in [5.74, 6) is -0.795. The van der Waals surface area contributed by atoms with Crippen LogP contribution in [0.5, 0.6) is 0 Å². The van der Waals surface area contributed by atoms with Gasteiger partial charge in [-0.15, -0.1) is 0 Å². The predicted octanol–water partition coefficient (Wildman–Crippen LogP) is 4.28. The van der Waals surface area contributed by atoms with Gasteiger partial charge in [-0.05, 0) is 55.4 Å². The topological polar surface area (TPSA) is 52.6 Å². The van der Waals surface area contributed by atoms with Crippen molar-refractivity contribution in [1.29, 1.82) is 0 Å². The number of rotatable bonds is 3. The molecule has 0 bridgehead atoms. The summed E-state index contributed by atoms with van der Waals surface area (Å²) in [4.78, 5) is 24.8. The molecule has 2 aliphatic carbocycles. The van der Waals surface area contributed by atoms with Crippen molar-refractivity contribution >= 4 is 11.9 Å². The third kappa shape index (κ3) is 3.24. The van der Waals surface area contributed by atoms with Gasteiger partial charge in [-0.3, -0.25) is 9.59 Å². The van der Waals surface area contributed by atoms with Gasteiger partial charge in [-0.1, -0.05) is 32.8 Å². The number of ether oxygens (including phenoxy) is 2. The molecule has 0 aromatic carbocycles. The summed E-state index contributed by atoms with van der Waals surface area (Å²) in [6.07, 6.45) is 6.65. The van der Waals surface area contributed by atoms with E-state index in [0.29, 0.717) is 12.0 Å². The Morgan fingerprint density at radius 2 is 2.00 bits per heavy atom. The first kappa shape index (κ1) is 18.5. The minimum atomic E-state index is -0.375. The first-order chi connectivity index (χ1) is 11.7. The van der Waals surface area contributed by atoms with Crippen LogP contribution in [0.4, 0.5) is 0 Å². The van der Waals surface area contributed by atoms with E-state index in [2.05, 4.69) is 20.8 Å². The molecule has 4 heteroatoms. The monoisotopic (exact) mass is 348 g/mol. The average Bonchev–Trinajstić information content (AvgIpc) is 2.93. The number of esters is 2. The Balaban J connectivity index is 2.09. The lowest BCUT2D eigenvalue weighted by molar-refractivity contribution is -0.144. The van der Waals surface area contributed by atoms with Crippen molar-refractivity contribution in [2.75, 3.05) is 13.7 Å². The van der Waals surface area contributed by atoms with Crippen LogP contribution in [0.1, 0.15) is 66.2 Å². The molecular weight excluding hydrogens is 316 g/mol. The zero-order valence-electron chi connectivity index (χ0n) is 16.3. The molecule has 1 saturated heterocycles. The van der Waals surface area contributed by atoms with E-state index < -0.39 is 0 Å². The Labute approximate surface area is 151 Å². The second-order valence-corrected chi connectivity index (χ2v) is 9.34. The van der Waals surface area contributed by atoms with E-state index in [1.165, 1.54) is 25.5 Å². The molecule has 140 valence electrons. The van der Waals surface area contributed by atoms with Crippen molar-refractivity contribution in [2.24, 2.45) is 28.6 Å². The zero-order chi connectivity index (χ0) is 18.4. The van der Waals surface area contributed by atoms with Crippen LogP contribution < -0.4 is 0 Å². The summed E-state index contributed by atoms with van der Waals surface area (Å²) < 4.78 is 10.4. The summed E-state index contributed by atoms with van der Waals surface area (Å²) in [6, 6.07) is 0. The number of allylic oxidation sites excluding steroid dienone is 1. The quantitative estimate of drug-likeness (QED) is 0.564. The summed E-state index contributed by atoms with van der Waals surface area (Å²) >= 11 is 0. The minimum Gasteiger partial charge on any atom is -0.469 e. The van der Waals surface area contributed by atoms with Gasteiger partial charge in [-0.25, -0.2) is 0 Å². The molecule has 25 heavy (non-hydrogen) atoms. The molecule has 0 aromatic rings. The van der Waals surface area contributed by atoms with E-state index in [0.717, 1.165) is 31.3 Å². The van der Waals surface area contributed by atoms with Gasteiger partial charge >= 0.3 is 11.9 Å². The molecule has 4 atom stereocenters. The van der Waals surface area contributed by atoms with Gasteiger partial charge in [0.15, 0.2) is 0 Å². The molecule has 1 saturated carbocycles. The third-order valence-corrected chi connectivity index (χ3v) is 6.81. The fourth-order valence-corrected chi connectivity index (χ4v) is 5.79. The normalized spacial score (nSPS) is 35.8. The van der Waals surface area contributed by atoms with Gasteiger partial charge in [0.05, 0.1) is 25.6 Å². The molecule has 1 unspecified atom stereocenters. The highest BCUT2D eigenvalue weighted by atomic mass is 16.5. The van der Waals surface area contributed by atoms with Gasteiger partial charge in [0.1, 0.15) is 0 Å². The Kier molecular flexibility index (Phi) is 4.76. The van der Waals surface area contributed by atoms with Crippen LogP contribution in [-0.4, -0.2) is 25.7 Å². The van der Waals surface area contributed by atoms with Gasteiger partial charge in [0.2, 0.25) is 0 Å². The molecule has 0 amide bonds. The van der Waals surface area contributed by atoms with Gasteiger partial charge in [-0.2, -0.15) is 0 Å². The molecule has 0 spiro atoms. The molecule has 3 rings (SSSR count). The summed E-state index contributed by atoms with van der Waals surface area (Å²) in [5.41, 5.74) is 2.73. The maximum atomic E-state index is 12.5. The smallest absolute Gasteiger partial charge is 0.313 e. The van der Waals surface area contributed by atoms with Crippen LogP contribution >= 0.6 is 0 Å². The zero-order valence-corrected chi connectivity index (χ0v) is 16.3. The van der Waals surface area contributed by atoms with Crippen LogP contribution in [0.25, 0.3) is 0 Å². The molecule has 1 heterocycles. The second kappa shape index (κ2) is 6.44. The molecule has 3 aliphatic rings. The van der Waals surface area contributed by atoms with Crippen molar-refractivity contribution in [3.05, 3.63) is 11.1 Å². The Morgan fingerprint density at radius 1 is 1.28 bits per heavy atom. The highest BCUT2D eigenvalue weighted by Crippen LogP contribution is 2.56. The number of hydrogen-bond donors (Lipinski definition) is 0. The largest absolute Gasteiger partial charge is 0.469 e. The maximum absolute atomic E-state index is 12.5. The van der Waals surface area contributed by atoms with Crippen LogP contribution in [0, 0.1) is 28.6 Å². The number of carbonyl (C=O) groups is 2. The first-order valence-electron chi connectivity index (χ1n) is 9.66. The first-order valence-corrected chi connectivity index (χ1v) is 9.66. The Morgan fingerprint density at radius 3 is 2.64 bits per heavy atom. The fraction of sp³-hybridized carbons (Fsp3) is 0.810. The van der Waals surface area contributed by atoms with Crippen molar-refractivity contribution < 1.29 is 19.1 Å². The molecule has 4 nitrogen and oxygen atoms in total. The van der Waals surface area contributed by atoms with E-state index >= 15 is 0 Å². The van der Waals surface area contributed by atoms with E-state index in [1.807, 2.05) is 6.92 Å². The average molecular weight is 348 g/mol. The van der Waals surface area contributed by atoms with Crippen LogP contribution in [0.3, 0.4) is 0 Å². The molecule has 0 aromatic heterocycles. The number of cyclic esters (lactones) is 1. The molecule has 0 N–H and O–H groups in total. The van der Waals surface area contributed by atoms with Crippen LogP contribution in [0.2, 0.25) is 0 Å². The SMILES string of the molecule is COC(=O)C(C)C1=C([C@@]2(C)CCCC(C)(C)C2)CC[C@H]2COC(=O)[C@@H]12. The van der Waals surface area contributed by atoms with E-state index in [9.17, 15) is 9.59 Å². The van der Waals surface area contributed by atoms with Gasteiger partial charge in [0.25, 0.3) is 0 Å². The predicted molar refractivity (Wildman–Crippen MR) is 95.7 cm³/mol. The molecular formula is C21H32O4. The van der Waals surface area contributed by atoms with E-state index in [-0.39, 0.29) is 35.1 Å². The fourth-order valence-electron chi connectivity index (χ4n) is 5.79. The van der Waals surface area contributed by atoms with E-state index in [1.54, 1.807) is 0 Å².